The fraction of sp³-hybridized carbons (Fsp3) is 0.400. The Morgan fingerprint density at radius 3 is 2.59 bits per heavy atom. The first kappa shape index (κ1) is 14.2. The Balaban J connectivity index is 2.88. The first-order valence-electron chi connectivity index (χ1n) is 4.83. The molecule has 1 rings (SSSR count). The predicted molar refractivity (Wildman–Crippen MR) is 65.1 cm³/mol. The lowest BCUT2D eigenvalue weighted by atomic mass is 10.3. The molecule has 17 heavy (non-hydrogen) atoms. The summed E-state index contributed by atoms with van der Waals surface area (Å²) < 4.78 is 35.7. The van der Waals surface area contributed by atoms with Crippen LogP contribution in [0.3, 0.4) is 0 Å². The van der Waals surface area contributed by atoms with Crippen LogP contribution in [0, 0.1) is 0 Å². The summed E-state index contributed by atoms with van der Waals surface area (Å²) in [6.07, 6.45) is 0. The minimum atomic E-state index is -3.55. The Hall–Kier alpha value is -0.820. The highest BCUT2D eigenvalue weighted by Crippen LogP contribution is 2.26. The first-order chi connectivity index (χ1) is 8.01. The maximum atomic E-state index is 11.8. The van der Waals surface area contributed by atoms with Gasteiger partial charge in [0.15, 0.2) is 0 Å². The molecule has 1 aromatic carbocycles. The molecule has 1 aromatic rings. The standard InChI is InChI=1S/C10H14ClNO4S/c1-15-6-5-12-17(13,14)8-3-4-10(16-2)9(11)7-8/h3-4,7,12H,5-6H2,1-2H3. The number of hydrogen-bond donors (Lipinski definition) is 1. The second-order valence-corrected chi connectivity index (χ2v) is 5.36. The second kappa shape index (κ2) is 6.20. The smallest absolute Gasteiger partial charge is 0.240 e. The van der Waals surface area contributed by atoms with Gasteiger partial charge in [-0.05, 0) is 18.2 Å². The zero-order chi connectivity index (χ0) is 12.9. The summed E-state index contributed by atoms with van der Waals surface area (Å²) in [6.45, 7) is 0.519. The lowest BCUT2D eigenvalue weighted by Crippen LogP contribution is -2.27. The molecule has 0 saturated carbocycles. The van der Waals surface area contributed by atoms with E-state index >= 15 is 0 Å². The van der Waals surface area contributed by atoms with E-state index in [4.69, 9.17) is 21.1 Å². The zero-order valence-corrected chi connectivity index (χ0v) is 11.1. The Morgan fingerprint density at radius 2 is 2.06 bits per heavy atom. The van der Waals surface area contributed by atoms with Crippen LogP contribution in [0.25, 0.3) is 0 Å². The van der Waals surface area contributed by atoms with Crippen LogP contribution < -0.4 is 9.46 Å². The van der Waals surface area contributed by atoms with Crippen LogP contribution in [0.15, 0.2) is 23.1 Å². The number of hydrogen-bond acceptors (Lipinski definition) is 4. The van der Waals surface area contributed by atoms with E-state index in [2.05, 4.69) is 4.72 Å². The van der Waals surface area contributed by atoms with E-state index in [1.54, 1.807) is 0 Å². The molecule has 0 saturated heterocycles. The molecule has 0 aliphatic rings. The van der Waals surface area contributed by atoms with Crippen LogP contribution in [0.4, 0.5) is 0 Å². The van der Waals surface area contributed by atoms with Gasteiger partial charge in [0.1, 0.15) is 5.75 Å². The van der Waals surface area contributed by atoms with Gasteiger partial charge in [0.25, 0.3) is 0 Å². The van der Waals surface area contributed by atoms with E-state index in [0.717, 1.165) is 0 Å². The molecule has 0 bridgehead atoms. The van der Waals surface area contributed by atoms with Crippen molar-refractivity contribution in [2.24, 2.45) is 0 Å². The van der Waals surface area contributed by atoms with Crippen LogP contribution in [-0.2, 0) is 14.8 Å². The molecule has 1 N–H and O–H groups in total. The normalized spacial score (nSPS) is 11.5. The molecule has 5 nitrogen and oxygen atoms in total. The molecule has 0 aromatic heterocycles. The molecule has 0 heterocycles. The van der Waals surface area contributed by atoms with Crippen LogP contribution in [0.2, 0.25) is 5.02 Å². The predicted octanol–water partition coefficient (Wildman–Crippen LogP) is 1.27. The van der Waals surface area contributed by atoms with Gasteiger partial charge in [0, 0.05) is 13.7 Å². The number of benzene rings is 1. The third-order valence-corrected chi connectivity index (χ3v) is 3.79. The van der Waals surface area contributed by atoms with E-state index in [0.29, 0.717) is 12.4 Å². The van der Waals surface area contributed by atoms with Crippen molar-refractivity contribution < 1.29 is 17.9 Å². The molecular weight excluding hydrogens is 266 g/mol. The van der Waals surface area contributed by atoms with Crippen LogP contribution >= 0.6 is 11.6 Å². The van der Waals surface area contributed by atoms with Gasteiger partial charge in [-0.3, -0.25) is 0 Å². The summed E-state index contributed by atoms with van der Waals surface area (Å²) in [5, 5.41) is 0.252. The van der Waals surface area contributed by atoms with Crippen molar-refractivity contribution in [2.75, 3.05) is 27.4 Å². The van der Waals surface area contributed by atoms with Gasteiger partial charge in [-0.2, -0.15) is 0 Å². The molecule has 0 aliphatic carbocycles. The molecular formula is C10H14ClNO4S. The van der Waals surface area contributed by atoms with E-state index in [9.17, 15) is 8.42 Å². The maximum absolute atomic E-state index is 11.8. The molecule has 0 atom stereocenters. The minimum Gasteiger partial charge on any atom is -0.495 e. The molecule has 0 radical (unpaired) electrons. The lowest BCUT2D eigenvalue weighted by Gasteiger charge is -2.08. The van der Waals surface area contributed by atoms with Gasteiger partial charge >= 0.3 is 0 Å². The molecule has 0 spiro atoms. The monoisotopic (exact) mass is 279 g/mol. The van der Waals surface area contributed by atoms with Gasteiger partial charge in [0.05, 0.1) is 23.6 Å². The SMILES string of the molecule is COCCNS(=O)(=O)c1ccc(OC)c(Cl)c1. The van der Waals surface area contributed by atoms with Gasteiger partial charge in [-0.25, -0.2) is 13.1 Å². The van der Waals surface area contributed by atoms with Crippen LogP contribution in [-0.4, -0.2) is 35.8 Å². The van der Waals surface area contributed by atoms with Crippen molar-refractivity contribution in [3.63, 3.8) is 0 Å². The van der Waals surface area contributed by atoms with Crippen molar-refractivity contribution in [1.29, 1.82) is 0 Å². The fourth-order valence-corrected chi connectivity index (χ4v) is 2.54. The summed E-state index contributed by atoms with van der Waals surface area (Å²) >= 11 is 5.85. The van der Waals surface area contributed by atoms with Crippen molar-refractivity contribution in [3.8, 4) is 5.75 Å². The molecule has 96 valence electrons. The third kappa shape index (κ3) is 3.85. The topological polar surface area (TPSA) is 64.6 Å². The third-order valence-electron chi connectivity index (χ3n) is 2.03. The Kier molecular flexibility index (Phi) is 5.20. The minimum absolute atomic E-state index is 0.0967. The van der Waals surface area contributed by atoms with E-state index in [1.165, 1.54) is 32.4 Å². The highest BCUT2D eigenvalue weighted by molar-refractivity contribution is 7.89. The maximum Gasteiger partial charge on any atom is 0.240 e. The Morgan fingerprint density at radius 1 is 1.35 bits per heavy atom. The number of sulfonamides is 1. The van der Waals surface area contributed by atoms with Crippen molar-refractivity contribution in [1.82, 2.24) is 4.72 Å². The summed E-state index contributed by atoms with van der Waals surface area (Å²) in [6, 6.07) is 4.28. The molecule has 7 heteroatoms. The molecule has 0 aliphatic heterocycles. The lowest BCUT2D eigenvalue weighted by molar-refractivity contribution is 0.204. The molecule has 0 fully saturated rings. The van der Waals surface area contributed by atoms with Gasteiger partial charge in [0.2, 0.25) is 10.0 Å². The fourth-order valence-electron chi connectivity index (χ4n) is 1.18. The van der Waals surface area contributed by atoms with Gasteiger partial charge < -0.3 is 9.47 Å². The summed E-state index contributed by atoms with van der Waals surface area (Å²) in [5.74, 6) is 0.433. The average molecular weight is 280 g/mol. The summed E-state index contributed by atoms with van der Waals surface area (Å²) in [5.41, 5.74) is 0. The van der Waals surface area contributed by atoms with Gasteiger partial charge in [-0.1, -0.05) is 11.6 Å². The number of methoxy groups -OCH3 is 2. The van der Waals surface area contributed by atoms with Crippen molar-refractivity contribution in [3.05, 3.63) is 23.2 Å². The summed E-state index contributed by atoms with van der Waals surface area (Å²) in [7, 11) is -0.587. The largest absolute Gasteiger partial charge is 0.495 e. The van der Waals surface area contributed by atoms with Crippen molar-refractivity contribution >= 4 is 21.6 Å². The molecule has 0 unspecified atom stereocenters. The average Bonchev–Trinajstić information content (AvgIpc) is 2.29. The second-order valence-electron chi connectivity index (χ2n) is 3.19. The summed E-state index contributed by atoms with van der Waals surface area (Å²) in [4.78, 5) is 0.0967. The Labute approximate surface area is 106 Å². The van der Waals surface area contributed by atoms with E-state index in [1.807, 2.05) is 0 Å². The number of ether oxygens (including phenoxy) is 2. The quantitative estimate of drug-likeness (QED) is 0.797. The highest BCUT2D eigenvalue weighted by atomic mass is 35.5. The Bertz CT molecular complexity index is 475. The van der Waals surface area contributed by atoms with Crippen LogP contribution in [0.5, 0.6) is 5.75 Å². The first-order valence-corrected chi connectivity index (χ1v) is 6.69. The zero-order valence-electron chi connectivity index (χ0n) is 9.57. The number of rotatable bonds is 6. The van der Waals surface area contributed by atoms with Crippen LogP contribution in [0.1, 0.15) is 0 Å². The number of halogens is 1. The highest BCUT2D eigenvalue weighted by Gasteiger charge is 2.15. The molecule has 0 amide bonds. The van der Waals surface area contributed by atoms with E-state index in [-0.39, 0.29) is 16.5 Å². The van der Waals surface area contributed by atoms with Crippen molar-refractivity contribution in [2.45, 2.75) is 4.90 Å². The van der Waals surface area contributed by atoms with E-state index < -0.39 is 10.0 Å². The van der Waals surface area contributed by atoms with Gasteiger partial charge in [-0.15, -0.1) is 0 Å². The number of nitrogens with one attached hydrogen (secondary N) is 1.